The van der Waals surface area contributed by atoms with Crippen molar-refractivity contribution in [1.82, 2.24) is 14.9 Å². The summed E-state index contributed by atoms with van der Waals surface area (Å²) in [4.78, 5) is 35.5. The molecule has 1 atom stereocenters. The molecule has 0 saturated carbocycles. The van der Waals surface area contributed by atoms with Gasteiger partial charge in [0.15, 0.2) is 5.78 Å². The number of nitrogens with one attached hydrogen (secondary N) is 1. The Morgan fingerprint density at radius 1 is 1.30 bits per heavy atom. The molecule has 27 heavy (non-hydrogen) atoms. The molecule has 1 aliphatic heterocycles. The highest BCUT2D eigenvalue weighted by Crippen LogP contribution is 2.26. The first-order chi connectivity index (χ1) is 13.1. The predicted molar refractivity (Wildman–Crippen MR) is 106 cm³/mol. The van der Waals surface area contributed by atoms with E-state index in [0.29, 0.717) is 18.7 Å². The van der Waals surface area contributed by atoms with Crippen LogP contribution < -0.4 is 5.32 Å². The highest BCUT2D eigenvalue weighted by molar-refractivity contribution is 7.18. The van der Waals surface area contributed by atoms with Gasteiger partial charge in [0.2, 0.25) is 0 Å². The van der Waals surface area contributed by atoms with Crippen molar-refractivity contribution in [3.63, 3.8) is 0 Å². The fraction of sp³-hybridized carbons (Fsp3) is 0.300. The molecule has 1 saturated heterocycles. The van der Waals surface area contributed by atoms with E-state index in [9.17, 15) is 9.59 Å². The van der Waals surface area contributed by atoms with Gasteiger partial charge in [0.1, 0.15) is 0 Å². The van der Waals surface area contributed by atoms with Crippen LogP contribution in [0.3, 0.4) is 0 Å². The summed E-state index contributed by atoms with van der Waals surface area (Å²) in [6, 6.07) is 9.10. The number of urea groups is 1. The molecule has 1 fully saturated rings. The lowest BCUT2D eigenvalue weighted by atomic mass is 9.91. The molecule has 0 radical (unpaired) electrons. The lowest BCUT2D eigenvalue weighted by molar-refractivity contribution is 0.0851. The van der Waals surface area contributed by atoms with Crippen molar-refractivity contribution in [2.75, 3.05) is 18.4 Å². The number of hydrogen-bond donors (Lipinski definition) is 1. The summed E-state index contributed by atoms with van der Waals surface area (Å²) in [5.41, 5.74) is 2.29. The number of rotatable bonds is 3. The Morgan fingerprint density at radius 2 is 2.19 bits per heavy atom. The van der Waals surface area contributed by atoms with E-state index in [1.807, 2.05) is 25.1 Å². The van der Waals surface area contributed by atoms with Crippen molar-refractivity contribution >= 4 is 39.1 Å². The van der Waals surface area contributed by atoms with Gasteiger partial charge in [0.25, 0.3) is 0 Å². The number of carbonyl (C=O) groups excluding carboxylic acids is 2. The standard InChI is InChI=1S/C20H20N4O2S/c1-13-22-17-7-6-16(10-18(17)27-13)23-20(26)24-9-3-5-15(12-24)19(25)14-4-2-8-21-11-14/h2,4,6-8,10-11,15H,3,5,9,12H2,1H3,(H,23,26)/t15-/m1/s1. The Balaban J connectivity index is 1.44. The number of aryl methyl sites for hydroxylation is 1. The normalized spacial score (nSPS) is 17.1. The molecule has 3 heterocycles. The average Bonchev–Trinajstić information content (AvgIpc) is 3.07. The van der Waals surface area contributed by atoms with Gasteiger partial charge in [-0.15, -0.1) is 11.3 Å². The van der Waals surface area contributed by atoms with E-state index in [1.165, 1.54) is 0 Å². The summed E-state index contributed by atoms with van der Waals surface area (Å²) in [6.07, 6.45) is 4.85. The van der Waals surface area contributed by atoms with Crippen LogP contribution in [0.1, 0.15) is 28.2 Å². The number of amides is 2. The van der Waals surface area contributed by atoms with Gasteiger partial charge in [-0.3, -0.25) is 9.78 Å². The molecule has 7 heteroatoms. The molecule has 0 spiro atoms. The van der Waals surface area contributed by atoms with Gasteiger partial charge in [-0.2, -0.15) is 0 Å². The average molecular weight is 380 g/mol. The molecule has 6 nitrogen and oxygen atoms in total. The molecule has 2 aromatic heterocycles. The van der Waals surface area contributed by atoms with E-state index in [0.717, 1.165) is 33.8 Å². The first kappa shape index (κ1) is 17.6. The monoisotopic (exact) mass is 380 g/mol. The quantitative estimate of drug-likeness (QED) is 0.694. The smallest absolute Gasteiger partial charge is 0.321 e. The van der Waals surface area contributed by atoms with Gasteiger partial charge in [-0.1, -0.05) is 0 Å². The number of thiazole rings is 1. The molecule has 1 aromatic carbocycles. The van der Waals surface area contributed by atoms with E-state index in [-0.39, 0.29) is 17.7 Å². The number of benzene rings is 1. The number of piperidine rings is 1. The molecule has 3 aromatic rings. The number of aromatic nitrogens is 2. The summed E-state index contributed by atoms with van der Waals surface area (Å²) in [5.74, 6) is -0.123. The molecule has 4 rings (SSSR count). The van der Waals surface area contributed by atoms with Gasteiger partial charge in [-0.05, 0) is 50.1 Å². The first-order valence-electron chi connectivity index (χ1n) is 8.97. The SMILES string of the molecule is Cc1nc2ccc(NC(=O)N3CCC[C@@H](C(=O)c4cccnc4)C3)cc2s1. The van der Waals surface area contributed by atoms with Crippen molar-refractivity contribution < 1.29 is 9.59 Å². The summed E-state index contributed by atoms with van der Waals surface area (Å²) in [6.45, 7) is 3.06. The maximum absolute atomic E-state index is 12.7. The number of carbonyl (C=O) groups is 2. The van der Waals surface area contributed by atoms with E-state index in [2.05, 4.69) is 15.3 Å². The number of likely N-dealkylation sites (tertiary alicyclic amines) is 1. The van der Waals surface area contributed by atoms with E-state index in [4.69, 9.17) is 0 Å². The molecular weight excluding hydrogens is 360 g/mol. The zero-order valence-electron chi connectivity index (χ0n) is 15.0. The Morgan fingerprint density at radius 3 is 3.00 bits per heavy atom. The second-order valence-electron chi connectivity index (χ2n) is 6.74. The molecule has 0 unspecified atom stereocenters. The molecule has 1 N–H and O–H groups in total. The minimum absolute atomic E-state index is 0.0576. The van der Waals surface area contributed by atoms with Crippen LogP contribution in [0.4, 0.5) is 10.5 Å². The maximum atomic E-state index is 12.7. The molecule has 2 amide bonds. The van der Waals surface area contributed by atoms with Crippen LogP contribution >= 0.6 is 11.3 Å². The van der Waals surface area contributed by atoms with E-state index < -0.39 is 0 Å². The molecule has 0 bridgehead atoms. The fourth-order valence-corrected chi connectivity index (χ4v) is 4.31. The third-order valence-electron chi connectivity index (χ3n) is 4.77. The van der Waals surface area contributed by atoms with Gasteiger partial charge in [0, 0.05) is 42.7 Å². The lowest BCUT2D eigenvalue weighted by Crippen LogP contribution is -2.44. The van der Waals surface area contributed by atoms with Crippen LogP contribution in [0.2, 0.25) is 0 Å². The van der Waals surface area contributed by atoms with E-state index >= 15 is 0 Å². The topological polar surface area (TPSA) is 75.2 Å². The second-order valence-corrected chi connectivity index (χ2v) is 7.97. The number of hydrogen-bond acceptors (Lipinski definition) is 5. The Kier molecular flexibility index (Phi) is 4.85. The molecule has 0 aliphatic carbocycles. The molecular formula is C20H20N4O2S. The number of anilines is 1. The third-order valence-corrected chi connectivity index (χ3v) is 5.71. The molecule has 1 aliphatic rings. The predicted octanol–water partition coefficient (Wildman–Crippen LogP) is 4.13. The van der Waals surface area contributed by atoms with Gasteiger partial charge >= 0.3 is 6.03 Å². The molecule has 138 valence electrons. The van der Waals surface area contributed by atoms with E-state index in [1.54, 1.807) is 40.8 Å². The van der Waals surface area contributed by atoms with Crippen molar-refractivity contribution in [1.29, 1.82) is 0 Å². The maximum Gasteiger partial charge on any atom is 0.321 e. The number of pyridine rings is 1. The highest BCUT2D eigenvalue weighted by Gasteiger charge is 2.29. The Labute approximate surface area is 161 Å². The fourth-order valence-electron chi connectivity index (χ4n) is 3.44. The Hall–Kier alpha value is -2.80. The van der Waals surface area contributed by atoms with Crippen LogP contribution in [-0.4, -0.2) is 39.8 Å². The van der Waals surface area contributed by atoms with Crippen LogP contribution in [0, 0.1) is 12.8 Å². The van der Waals surface area contributed by atoms with Gasteiger partial charge < -0.3 is 10.2 Å². The number of nitrogens with zero attached hydrogens (tertiary/aromatic N) is 3. The zero-order valence-corrected chi connectivity index (χ0v) is 15.8. The van der Waals surface area contributed by atoms with Gasteiger partial charge in [0.05, 0.1) is 15.2 Å². The number of Topliss-reactive ketones (excluding diaryl/α,β-unsaturated/α-hetero) is 1. The van der Waals surface area contributed by atoms with Crippen LogP contribution in [-0.2, 0) is 0 Å². The first-order valence-corrected chi connectivity index (χ1v) is 9.79. The van der Waals surface area contributed by atoms with Crippen molar-refractivity contribution in [2.45, 2.75) is 19.8 Å². The van der Waals surface area contributed by atoms with Crippen molar-refractivity contribution in [3.05, 3.63) is 53.3 Å². The lowest BCUT2D eigenvalue weighted by Gasteiger charge is -2.32. The van der Waals surface area contributed by atoms with Crippen LogP contribution in [0.5, 0.6) is 0 Å². The summed E-state index contributed by atoms with van der Waals surface area (Å²) >= 11 is 1.60. The number of fused-ring (bicyclic) bond motifs is 1. The van der Waals surface area contributed by atoms with Crippen molar-refractivity contribution in [2.24, 2.45) is 5.92 Å². The largest absolute Gasteiger partial charge is 0.324 e. The van der Waals surface area contributed by atoms with Gasteiger partial charge in [-0.25, -0.2) is 9.78 Å². The highest BCUT2D eigenvalue weighted by atomic mass is 32.1. The number of ketones is 1. The zero-order chi connectivity index (χ0) is 18.8. The second kappa shape index (κ2) is 7.44. The summed E-state index contributed by atoms with van der Waals surface area (Å²) < 4.78 is 1.05. The van der Waals surface area contributed by atoms with Crippen LogP contribution in [0.25, 0.3) is 10.2 Å². The van der Waals surface area contributed by atoms with Crippen molar-refractivity contribution in [3.8, 4) is 0 Å². The third kappa shape index (κ3) is 3.83. The summed E-state index contributed by atoms with van der Waals surface area (Å²) in [5, 5.41) is 3.96. The Bertz CT molecular complexity index is 986. The van der Waals surface area contributed by atoms with Crippen LogP contribution in [0.15, 0.2) is 42.7 Å². The minimum Gasteiger partial charge on any atom is -0.324 e. The minimum atomic E-state index is -0.180. The summed E-state index contributed by atoms with van der Waals surface area (Å²) in [7, 11) is 0.